The Morgan fingerprint density at radius 3 is 2.71 bits per heavy atom. The van der Waals surface area contributed by atoms with Gasteiger partial charge in [-0.05, 0) is 26.1 Å². The van der Waals surface area contributed by atoms with Crippen LogP contribution >= 0.6 is 0 Å². The lowest BCUT2D eigenvalue weighted by molar-refractivity contribution is 0.183. The second-order valence-electron chi connectivity index (χ2n) is 4.57. The van der Waals surface area contributed by atoms with E-state index in [1.165, 1.54) is 5.69 Å². The number of ether oxygens (including phenoxy) is 1. The Morgan fingerprint density at radius 1 is 1.29 bits per heavy atom. The molecule has 17 heavy (non-hydrogen) atoms. The quantitative estimate of drug-likeness (QED) is 0.840. The maximum absolute atomic E-state index is 5.55. The molecule has 0 aromatic heterocycles. The van der Waals surface area contributed by atoms with Crippen molar-refractivity contribution < 1.29 is 4.74 Å². The van der Waals surface area contributed by atoms with Crippen molar-refractivity contribution in [2.24, 2.45) is 5.92 Å². The van der Waals surface area contributed by atoms with Gasteiger partial charge in [-0.25, -0.2) is 0 Å². The number of nitrogens with one attached hydrogen (secondary N) is 1. The molecule has 1 N–H and O–H groups in total. The summed E-state index contributed by atoms with van der Waals surface area (Å²) in [6.45, 7) is 6.02. The van der Waals surface area contributed by atoms with Crippen molar-refractivity contribution in [3.05, 3.63) is 30.3 Å². The Morgan fingerprint density at radius 2 is 2.06 bits per heavy atom. The molecule has 94 valence electrons. The standard InChI is InChI=1S/C14H22N2O/c1-3-16(13-7-5-4-6-8-13)9-12-10-17-11-14(12)15-2/h4-8,12,14-15H,3,9-11H2,1-2H3. The number of nitrogens with zero attached hydrogens (tertiary/aromatic N) is 1. The van der Waals surface area contributed by atoms with Crippen LogP contribution in [0.4, 0.5) is 5.69 Å². The topological polar surface area (TPSA) is 24.5 Å². The van der Waals surface area contributed by atoms with E-state index in [0.717, 1.165) is 26.3 Å². The van der Waals surface area contributed by atoms with E-state index in [1.54, 1.807) is 0 Å². The van der Waals surface area contributed by atoms with Crippen molar-refractivity contribution in [1.82, 2.24) is 5.32 Å². The molecule has 0 saturated carbocycles. The van der Waals surface area contributed by atoms with Crippen LogP contribution in [0.2, 0.25) is 0 Å². The molecule has 0 aliphatic carbocycles. The number of likely N-dealkylation sites (N-methyl/N-ethyl adjacent to an activating group) is 1. The van der Waals surface area contributed by atoms with Gasteiger partial charge in [0.25, 0.3) is 0 Å². The summed E-state index contributed by atoms with van der Waals surface area (Å²) < 4.78 is 5.55. The highest BCUT2D eigenvalue weighted by atomic mass is 16.5. The molecular formula is C14H22N2O. The maximum Gasteiger partial charge on any atom is 0.0623 e. The van der Waals surface area contributed by atoms with E-state index < -0.39 is 0 Å². The first kappa shape index (κ1) is 12.4. The molecule has 1 aromatic rings. The summed E-state index contributed by atoms with van der Waals surface area (Å²) in [5.74, 6) is 0.583. The molecular weight excluding hydrogens is 212 g/mol. The van der Waals surface area contributed by atoms with E-state index in [9.17, 15) is 0 Å². The predicted octanol–water partition coefficient (Wildman–Crippen LogP) is 1.75. The second-order valence-corrected chi connectivity index (χ2v) is 4.57. The monoisotopic (exact) mass is 234 g/mol. The van der Waals surface area contributed by atoms with Gasteiger partial charge in [0.15, 0.2) is 0 Å². The molecule has 0 amide bonds. The fourth-order valence-electron chi connectivity index (χ4n) is 2.44. The van der Waals surface area contributed by atoms with E-state index in [0.29, 0.717) is 12.0 Å². The molecule has 0 bridgehead atoms. The number of anilines is 1. The Kier molecular flexibility index (Phi) is 4.40. The number of hydrogen-bond acceptors (Lipinski definition) is 3. The maximum atomic E-state index is 5.55. The largest absolute Gasteiger partial charge is 0.379 e. The zero-order valence-corrected chi connectivity index (χ0v) is 10.7. The molecule has 1 aliphatic rings. The third-order valence-electron chi connectivity index (χ3n) is 3.53. The van der Waals surface area contributed by atoms with Crippen molar-refractivity contribution in [1.29, 1.82) is 0 Å². The average molecular weight is 234 g/mol. The first-order chi connectivity index (χ1) is 8.35. The van der Waals surface area contributed by atoms with Crippen LogP contribution in [0.5, 0.6) is 0 Å². The van der Waals surface area contributed by atoms with Crippen molar-refractivity contribution in [3.8, 4) is 0 Å². The normalized spacial score (nSPS) is 23.9. The molecule has 2 rings (SSSR count). The molecule has 1 aromatic carbocycles. The molecule has 1 fully saturated rings. The van der Waals surface area contributed by atoms with Gasteiger partial charge in [0.05, 0.1) is 13.2 Å². The van der Waals surface area contributed by atoms with Crippen molar-refractivity contribution in [3.63, 3.8) is 0 Å². The van der Waals surface area contributed by atoms with Gasteiger partial charge in [0.1, 0.15) is 0 Å². The highest BCUT2D eigenvalue weighted by Gasteiger charge is 2.28. The fourth-order valence-corrected chi connectivity index (χ4v) is 2.44. The summed E-state index contributed by atoms with van der Waals surface area (Å²) in [7, 11) is 2.02. The first-order valence-corrected chi connectivity index (χ1v) is 6.40. The van der Waals surface area contributed by atoms with Crippen LogP contribution < -0.4 is 10.2 Å². The zero-order chi connectivity index (χ0) is 12.1. The van der Waals surface area contributed by atoms with E-state index in [1.807, 2.05) is 7.05 Å². The van der Waals surface area contributed by atoms with E-state index in [-0.39, 0.29) is 0 Å². The predicted molar refractivity (Wildman–Crippen MR) is 71.5 cm³/mol. The van der Waals surface area contributed by atoms with Crippen molar-refractivity contribution in [2.45, 2.75) is 13.0 Å². The molecule has 3 nitrogen and oxygen atoms in total. The molecule has 1 aliphatic heterocycles. The Balaban J connectivity index is 2.00. The van der Waals surface area contributed by atoms with Crippen LogP contribution in [-0.2, 0) is 4.74 Å². The SMILES string of the molecule is CCN(CC1COCC1NC)c1ccccc1. The molecule has 1 saturated heterocycles. The molecule has 3 heteroatoms. The zero-order valence-electron chi connectivity index (χ0n) is 10.7. The third kappa shape index (κ3) is 2.99. The van der Waals surface area contributed by atoms with Crippen molar-refractivity contribution in [2.75, 3.05) is 38.3 Å². The van der Waals surface area contributed by atoms with Gasteiger partial charge in [-0.1, -0.05) is 18.2 Å². The summed E-state index contributed by atoms with van der Waals surface area (Å²) in [4.78, 5) is 2.42. The second kappa shape index (κ2) is 6.03. The summed E-state index contributed by atoms with van der Waals surface area (Å²) >= 11 is 0. The lowest BCUT2D eigenvalue weighted by Crippen LogP contribution is -2.40. The Labute approximate surface area is 104 Å². The van der Waals surface area contributed by atoms with E-state index >= 15 is 0 Å². The van der Waals surface area contributed by atoms with Gasteiger partial charge in [-0.2, -0.15) is 0 Å². The lowest BCUT2D eigenvalue weighted by Gasteiger charge is -2.28. The van der Waals surface area contributed by atoms with Crippen LogP contribution in [0.25, 0.3) is 0 Å². The van der Waals surface area contributed by atoms with Crippen LogP contribution in [0, 0.1) is 5.92 Å². The van der Waals surface area contributed by atoms with Gasteiger partial charge >= 0.3 is 0 Å². The van der Waals surface area contributed by atoms with Gasteiger partial charge in [0, 0.05) is 30.7 Å². The molecule has 2 unspecified atom stereocenters. The molecule has 1 heterocycles. The van der Waals surface area contributed by atoms with Crippen LogP contribution in [-0.4, -0.2) is 39.4 Å². The Hall–Kier alpha value is -1.06. The first-order valence-electron chi connectivity index (χ1n) is 6.40. The Bertz CT molecular complexity index is 328. The van der Waals surface area contributed by atoms with Gasteiger partial charge < -0.3 is 15.0 Å². The highest BCUT2D eigenvalue weighted by molar-refractivity contribution is 5.45. The third-order valence-corrected chi connectivity index (χ3v) is 3.53. The lowest BCUT2D eigenvalue weighted by atomic mass is 10.0. The summed E-state index contributed by atoms with van der Waals surface area (Å²) in [5.41, 5.74) is 1.30. The number of rotatable bonds is 5. The molecule has 2 atom stereocenters. The van der Waals surface area contributed by atoms with Gasteiger partial charge in [-0.15, -0.1) is 0 Å². The van der Waals surface area contributed by atoms with E-state index in [4.69, 9.17) is 4.74 Å². The van der Waals surface area contributed by atoms with Crippen LogP contribution in [0.1, 0.15) is 6.92 Å². The van der Waals surface area contributed by atoms with Gasteiger partial charge in [-0.3, -0.25) is 0 Å². The summed E-state index contributed by atoms with van der Waals surface area (Å²) in [6.07, 6.45) is 0. The fraction of sp³-hybridized carbons (Fsp3) is 0.571. The minimum absolute atomic E-state index is 0.493. The van der Waals surface area contributed by atoms with Crippen molar-refractivity contribution >= 4 is 5.69 Å². The average Bonchev–Trinajstić information content (AvgIpc) is 2.84. The van der Waals surface area contributed by atoms with Crippen LogP contribution in [0.15, 0.2) is 30.3 Å². The molecule has 0 spiro atoms. The van der Waals surface area contributed by atoms with Crippen LogP contribution in [0.3, 0.4) is 0 Å². The smallest absolute Gasteiger partial charge is 0.0623 e. The minimum Gasteiger partial charge on any atom is -0.379 e. The summed E-state index contributed by atoms with van der Waals surface area (Å²) in [5, 5.41) is 3.34. The summed E-state index contributed by atoms with van der Waals surface area (Å²) in [6, 6.07) is 11.1. The molecule has 0 radical (unpaired) electrons. The number of benzene rings is 1. The highest BCUT2D eigenvalue weighted by Crippen LogP contribution is 2.19. The van der Waals surface area contributed by atoms with Gasteiger partial charge in [0.2, 0.25) is 0 Å². The minimum atomic E-state index is 0.493. The number of para-hydroxylation sites is 1. The van der Waals surface area contributed by atoms with E-state index in [2.05, 4.69) is 47.5 Å². The number of hydrogen-bond donors (Lipinski definition) is 1.